The van der Waals surface area contributed by atoms with Gasteiger partial charge in [-0.05, 0) is 62.0 Å². The summed E-state index contributed by atoms with van der Waals surface area (Å²) in [7, 11) is 0. The average Bonchev–Trinajstić information content (AvgIpc) is 3.64. The molecule has 0 aromatic carbocycles. The summed E-state index contributed by atoms with van der Waals surface area (Å²) < 4.78 is 15.2. The summed E-state index contributed by atoms with van der Waals surface area (Å²) in [5, 5.41) is 0. The zero-order valence-corrected chi connectivity index (χ0v) is 19.1. The topological polar surface area (TPSA) is 63.2 Å². The van der Waals surface area contributed by atoms with Gasteiger partial charge in [0.15, 0.2) is 0 Å². The molecule has 0 amide bonds. The molecule has 7 heteroatoms. The summed E-state index contributed by atoms with van der Waals surface area (Å²) in [4.78, 5) is 14.4. The highest BCUT2D eigenvalue weighted by atomic mass is 19.1. The molecule has 1 aliphatic heterocycles. The standard InChI is InChI=1S/C25H35FN6/c1-16-10-18(14-28-25(16)27)22-15-32(23(29-22)11-17-2-3-17)24-20-12-19(13-21(20)24)31-8-6-30(5-4-26)7-9-31/h10,14-15,17,19-21,24H,2-9,11-13H2,1H3,(H2,27,28)/t19?,20-,21+,24?. The van der Waals surface area contributed by atoms with Crippen LogP contribution in [0.1, 0.15) is 43.1 Å². The first-order valence-corrected chi connectivity index (χ1v) is 12.4. The highest BCUT2D eigenvalue weighted by Crippen LogP contribution is 2.62. The van der Waals surface area contributed by atoms with Gasteiger partial charge >= 0.3 is 0 Å². The molecule has 6 rings (SSSR count). The van der Waals surface area contributed by atoms with Crippen LogP contribution in [0.15, 0.2) is 18.5 Å². The third-order valence-corrected chi connectivity index (χ3v) is 8.41. The molecule has 32 heavy (non-hydrogen) atoms. The van der Waals surface area contributed by atoms with Crippen molar-refractivity contribution in [1.29, 1.82) is 0 Å². The highest BCUT2D eigenvalue weighted by molar-refractivity contribution is 5.61. The number of hydrogen-bond donors (Lipinski definition) is 1. The maximum Gasteiger partial charge on any atom is 0.126 e. The molecule has 3 saturated carbocycles. The number of hydrogen-bond acceptors (Lipinski definition) is 5. The lowest BCUT2D eigenvalue weighted by Gasteiger charge is -2.38. The first-order chi connectivity index (χ1) is 15.6. The third-order valence-electron chi connectivity index (χ3n) is 8.41. The van der Waals surface area contributed by atoms with Gasteiger partial charge in [0, 0.05) is 69.2 Å². The van der Waals surface area contributed by atoms with Gasteiger partial charge in [0.2, 0.25) is 0 Å². The van der Waals surface area contributed by atoms with Gasteiger partial charge in [-0.2, -0.15) is 0 Å². The number of aryl methyl sites for hydroxylation is 1. The van der Waals surface area contributed by atoms with Crippen LogP contribution >= 0.6 is 0 Å². The maximum absolute atomic E-state index is 12.6. The quantitative estimate of drug-likeness (QED) is 0.719. The van der Waals surface area contributed by atoms with Gasteiger partial charge in [-0.1, -0.05) is 0 Å². The lowest BCUT2D eigenvalue weighted by Crippen LogP contribution is -2.50. The van der Waals surface area contributed by atoms with Gasteiger partial charge in [-0.15, -0.1) is 0 Å². The van der Waals surface area contributed by atoms with E-state index >= 15 is 0 Å². The Morgan fingerprint density at radius 3 is 2.53 bits per heavy atom. The van der Waals surface area contributed by atoms with Crippen LogP contribution < -0.4 is 5.73 Å². The van der Waals surface area contributed by atoms with E-state index in [9.17, 15) is 4.39 Å². The summed E-state index contributed by atoms with van der Waals surface area (Å²) >= 11 is 0. The fourth-order valence-electron chi connectivity index (χ4n) is 6.25. The van der Waals surface area contributed by atoms with Crippen molar-refractivity contribution < 1.29 is 4.39 Å². The molecule has 2 N–H and O–H groups in total. The number of halogens is 1. The van der Waals surface area contributed by atoms with Crippen LogP contribution in [0.3, 0.4) is 0 Å². The van der Waals surface area contributed by atoms with Crippen molar-refractivity contribution in [2.45, 2.75) is 51.1 Å². The fraction of sp³-hybridized carbons (Fsp3) is 0.680. The van der Waals surface area contributed by atoms with Gasteiger partial charge in [-0.3, -0.25) is 9.80 Å². The van der Waals surface area contributed by atoms with Crippen molar-refractivity contribution in [3.05, 3.63) is 29.8 Å². The number of nitrogen functional groups attached to an aromatic ring is 1. The number of nitrogens with two attached hydrogens (primary N) is 1. The van der Waals surface area contributed by atoms with Crippen molar-refractivity contribution in [3.63, 3.8) is 0 Å². The Morgan fingerprint density at radius 2 is 1.88 bits per heavy atom. The van der Waals surface area contributed by atoms with Crippen LogP contribution in [0.4, 0.5) is 10.2 Å². The lowest BCUT2D eigenvalue weighted by molar-refractivity contribution is 0.0873. The summed E-state index contributed by atoms with van der Waals surface area (Å²) in [6.07, 6.45) is 10.6. The van der Waals surface area contributed by atoms with E-state index in [0.29, 0.717) is 24.4 Å². The minimum absolute atomic E-state index is 0.225. The molecule has 4 aliphatic rings. The number of nitrogens with zero attached hydrogens (tertiary/aromatic N) is 5. The number of aromatic nitrogens is 3. The molecule has 172 valence electrons. The van der Waals surface area contributed by atoms with Crippen LogP contribution in [0.2, 0.25) is 0 Å². The minimum Gasteiger partial charge on any atom is -0.383 e. The van der Waals surface area contributed by atoms with E-state index < -0.39 is 0 Å². The Labute approximate surface area is 190 Å². The maximum atomic E-state index is 12.6. The van der Waals surface area contributed by atoms with Crippen molar-refractivity contribution >= 4 is 5.82 Å². The SMILES string of the molecule is Cc1cc(-c2cn(C3[C@H]4CC(N5CCN(CCF)CC5)C[C@@H]34)c(CC3CC3)n2)cnc1N. The molecule has 3 aliphatic carbocycles. The van der Waals surface area contributed by atoms with Gasteiger partial charge in [0.05, 0.1) is 5.69 Å². The first-order valence-electron chi connectivity index (χ1n) is 12.4. The zero-order chi connectivity index (χ0) is 21.8. The van der Waals surface area contributed by atoms with E-state index in [1.54, 1.807) is 0 Å². The summed E-state index contributed by atoms with van der Waals surface area (Å²) in [6, 6.07) is 3.45. The van der Waals surface area contributed by atoms with Crippen molar-refractivity contribution in [1.82, 2.24) is 24.3 Å². The molecular formula is C25H35FN6. The molecule has 0 spiro atoms. The molecule has 4 fully saturated rings. The largest absolute Gasteiger partial charge is 0.383 e. The van der Waals surface area contributed by atoms with Crippen LogP contribution in [0, 0.1) is 24.7 Å². The Hall–Kier alpha value is -1.99. The first kappa shape index (κ1) is 20.6. The number of piperazine rings is 1. The molecule has 0 radical (unpaired) electrons. The number of rotatable bonds is 7. The Balaban J connectivity index is 1.15. The Morgan fingerprint density at radius 1 is 1.12 bits per heavy atom. The van der Waals surface area contributed by atoms with Crippen LogP contribution in [-0.2, 0) is 6.42 Å². The second kappa shape index (κ2) is 8.10. The highest BCUT2D eigenvalue weighted by Gasteiger charge is 2.58. The molecule has 0 bridgehead atoms. The van der Waals surface area contributed by atoms with E-state index in [0.717, 1.165) is 67.2 Å². The van der Waals surface area contributed by atoms with Crippen LogP contribution in [0.25, 0.3) is 11.3 Å². The zero-order valence-electron chi connectivity index (χ0n) is 19.1. The van der Waals surface area contributed by atoms with Crippen molar-refractivity contribution in [2.24, 2.45) is 17.8 Å². The molecule has 2 aromatic heterocycles. The van der Waals surface area contributed by atoms with E-state index in [4.69, 9.17) is 10.7 Å². The predicted octanol–water partition coefficient (Wildman–Crippen LogP) is 3.32. The predicted molar refractivity (Wildman–Crippen MR) is 124 cm³/mol. The van der Waals surface area contributed by atoms with Gasteiger partial charge in [0.25, 0.3) is 0 Å². The average molecular weight is 439 g/mol. The molecule has 2 aromatic rings. The van der Waals surface area contributed by atoms with E-state index in [1.165, 1.54) is 31.5 Å². The smallest absolute Gasteiger partial charge is 0.126 e. The summed E-state index contributed by atoms with van der Waals surface area (Å²) in [5.74, 6) is 4.26. The van der Waals surface area contributed by atoms with E-state index in [2.05, 4.69) is 31.6 Å². The lowest BCUT2D eigenvalue weighted by atomic mass is 10.1. The number of pyridine rings is 1. The van der Waals surface area contributed by atoms with Gasteiger partial charge in [0.1, 0.15) is 18.3 Å². The van der Waals surface area contributed by atoms with Crippen molar-refractivity contribution in [3.8, 4) is 11.3 Å². The normalized spacial score (nSPS) is 30.6. The molecule has 2 unspecified atom stereocenters. The number of alkyl halides is 1. The Bertz CT molecular complexity index is 965. The monoisotopic (exact) mass is 438 g/mol. The van der Waals surface area contributed by atoms with Crippen LogP contribution in [-0.4, -0.2) is 69.8 Å². The molecular weight excluding hydrogens is 403 g/mol. The van der Waals surface area contributed by atoms with Gasteiger partial charge in [-0.25, -0.2) is 14.4 Å². The van der Waals surface area contributed by atoms with Crippen molar-refractivity contribution in [2.75, 3.05) is 45.1 Å². The third kappa shape index (κ3) is 3.83. The second-order valence-electron chi connectivity index (χ2n) is 10.5. The van der Waals surface area contributed by atoms with E-state index in [1.807, 2.05) is 13.1 Å². The molecule has 1 saturated heterocycles. The fourth-order valence-corrected chi connectivity index (χ4v) is 6.25. The minimum atomic E-state index is -0.225. The second-order valence-corrected chi connectivity index (χ2v) is 10.5. The van der Waals surface area contributed by atoms with Crippen LogP contribution in [0.5, 0.6) is 0 Å². The van der Waals surface area contributed by atoms with Gasteiger partial charge < -0.3 is 10.3 Å². The summed E-state index contributed by atoms with van der Waals surface area (Å²) in [6.45, 7) is 6.62. The van der Waals surface area contributed by atoms with E-state index in [-0.39, 0.29) is 6.67 Å². The number of anilines is 1. The Kier molecular flexibility index (Phi) is 5.22. The summed E-state index contributed by atoms with van der Waals surface area (Å²) in [5.41, 5.74) is 9.06. The number of imidazole rings is 1. The number of fused-ring (bicyclic) bond motifs is 1. The molecule has 3 heterocycles. The molecule has 4 atom stereocenters. The molecule has 6 nitrogen and oxygen atoms in total.